The Kier molecular flexibility index (Phi) is 6.12. The molecule has 0 spiro atoms. The van der Waals surface area contributed by atoms with E-state index in [1.807, 2.05) is 19.9 Å². The van der Waals surface area contributed by atoms with E-state index < -0.39 is 17.6 Å². The van der Waals surface area contributed by atoms with Gasteiger partial charge in [-0.25, -0.2) is 9.97 Å². The summed E-state index contributed by atoms with van der Waals surface area (Å²) in [5, 5.41) is 2.82. The summed E-state index contributed by atoms with van der Waals surface area (Å²) in [6.07, 6.45) is -2.38. The van der Waals surface area contributed by atoms with Crippen LogP contribution in [0.25, 0.3) is 11.3 Å². The van der Waals surface area contributed by atoms with Crippen molar-refractivity contribution in [3.05, 3.63) is 71.2 Å². The van der Waals surface area contributed by atoms with Crippen molar-refractivity contribution in [3.8, 4) is 11.3 Å². The van der Waals surface area contributed by atoms with Crippen molar-refractivity contribution in [2.75, 3.05) is 16.8 Å². The zero-order valence-electron chi connectivity index (χ0n) is 18.9. The molecular formula is C25H23F3N4O2. The van der Waals surface area contributed by atoms with Gasteiger partial charge < -0.3 is 10.2 Å². The van der Waals surface area contributed by atoms with Gasteiger partial charge in [0, 0.05) is 42.5 Å². The first kappa shape index (κ1) is 23.4. The minimum atomic E-state index is -4.46. The molecule has 34 heavy (non-hydrogen) atoms. The molecule has 2 aromatic carbocycles. The predicted octanol–water partition coefficient (Wildman–Crippen LogP) is 5.45. The number of anilines is 2. The van der Waals surface area contributed by atoms with E-state index in [9.17, 15) is 22.8 Å². The SMILES string of the molecule is CC(=O)N1CCc2cc(NC(=O)c3cnc(C(C)C)nc3-c3ccc(C(F)(F)F)cc3)ccc21. The van der Waals surface area contributed by atoms with Crippen LogP contribution in [0.5, 0.6) is 0 Å². The average molecular weight is 468 g/mol. The average Bonchev–Trinajstić information content (AvgIpc) is 3.21. The third-order valence-electron chi connectivity index (χ3n) is 5.67. The summed E-state index contributed by atoms with van der Waals surface area (Å²) >= 11 is 0. The summed E-state index contributed by atoms with van der Waals surface area (Å²) in [6.45, 7) is 5.87. The minimum absolute atomic E-state index is 0.0359. The van der Waals surface area contributed by atoms with Gasteiger partial charge in [-0.1, -0.05) is 26.0 Å². The van der Waals surface area contributed by atoms with Crippen LogP contribution in [0.3, 0.4) is 0 Å². The van der Waals surface area contributed by atoms with Crippen LogP contribution in [0, 0.1) is 0 Å². The summed E-state index contributed by atoms with van der Waals surface area (Å²) in [5.74, 6) is -0.0785. The highest BCUT2D eigenvalue weighted by Crippen LogP contribution is 2.33. The molecule has 4 rings (SSSR count). The topological polar surface area (TPSA) is 75.2 Å². The van der Waals surface area contributed by atoms with Crippen LogP contribution in [-0.4, -0.2) is 28.3 Å². The summed E-state index contributed by atoms with van der Waals surface area (Å²) in [5.41, 5.74) is 2.32. The van der Waals surface area contributed by atoms with E-state index in [-0.39, 0.29) is 23.1 Å². The lowest BCUT2D eigenvalue weighted by atomic mass is 10.0. The molecule has 0 bridgehead atoms. The van der Waals surface area contributed by atoms with E-state index >= 15 is 0 Å². The van der Waals surface area contributed by atoms with Crippen LogP contribution in [0.1, 0.15) is 54.0 Å². The lowest BCUT2D eigenvalue weighted by Crippen LogP contribution is -2.25. The Morgan fingerprint density at radius 2 is 1.79 bits per heavy atom. The van der Waals surface area contributed by atoms with Crippen LogP contribution in [0.2, 0.25) is 0 Å². The highest BCUT2D eigenvalue weighted by atomic mass is 19.4. The van der Waals surface area contributed by atoms with Gasteiger partial charge in [-0.3, -0.25) is 9.59 Å². The number of rotatable bonds is 4. The van der Waals surface area contributed by atoms with E-state index in [0.717, 1.165) is 23.4 Å². The normalized spacial score (nSPS) is 13.2. The molecule has 1 N–H and O–H groups in total. The van der Waals surface area contributed by atoms with E-state index in [1.165, 1.54) is 25.3 Å². The summed E-state index contributed by atoms with van der Waals surface area (Å²) in [6, 6.07) is 9.85. The molecule has 0 aliphatic carbocycles. The fourth-order valence-corrected chi connectivity index (χ4v) is 3.88. The molecule has 6 nitrogen and oxygen atoms in total. The Labute approximate surface area is 194 Å². The Morgan fingerprint density at radius 3 is 2.41 bits per heavy atom. The molecule has 3 aromatic rings. The number of fused-ring (bicyclic) bond motifs is 1. The number of nitrogens with zero attached hydrogens (tertiary/aromatic N) is 3. The van der Waals surface area contributed by atoms with Crippen molar-refractivity contribution in [2.24, 2.45) is 0 Å². The van der Waals surface area contributed by atoms with Crippen molar-refractivity contribution >= 4 is 23.2 Å². The van der Waals surface area contributed by atoms with Crippen LogP contribution in [-0.2, 0) is 17.4 Å². The molecule has 1 aromatic heterocycles. The zero-order chi connectivity index (χ0) is 24.6. The standard InChI is InChI=1S/C25H23F3N4O2/c1-14(2)23-29-13-20(22(31-23)16-4-6-18(7-5-16)25(26,27)28)24(34)30-19-8-9-21-17(12-19)10-11-32(21)15(3)33/h4-9,12-14H,10-11H2,1-3H3,(H,30,34). The van der Waals surface area contributed by atoms with Crippen LogP contribution in [0.15, 0.2) is 48.7 Å². The van der Waals surface area contributed by atoms with Crippen molar-refractivity contribution in [2.45, 2.75) is 39.3 Å². The molecule has 0 fully saturated rings. The van der Waals surface area contributed by atoms with E-state index in [1.54, 1.807) is 17.0 Å². The van der Waals surface area contributed by atoms with Crippen molar-refractivity contribution in [1.29, 1.82) is 0 Å². The maximum absolute atomic E-state index is 13.2. The minimum Gasteiger partial charge on any atom is -0.322 e. The van der Waals surface area contributed by atoms with Gasteiger partial charge in [0.1, 0.15) is 5.82 Å². The van der Waals surface area contributed by atoms with Crippen molar-refractivity contribution in [3.63, 3.8) is 0 Å². The number of nitrogens with one attached hydrogen (secondary N) is 1. The Balaban J connectivity index is 1.66. The summed E-state index contributed by atoms with van der Waals surface area (Å²) < 4.78 is 39.0. The summed E-state index contributed by atoms with van der Waals surface area (Å²) in [4.78, 5) is 35.4. The molecule has 0 radical (unpaired) electrons. The zero-order valence-corrected chi connectivity index (χ0v) is 18.9. The van der Waals surface area contributed by atoms with Gasteiger partial charge in [-0.2, -0.15) is 13.2 Å². The first-order chi connectivity index (χ1) is 16.0. The van der Waals surface area contributed by atoms with E-state index in [0.29, 0.717) is 30.0 Å². The lowest BCUT2D eigenvalue weighted by Gasteiger charge is -2.16. The van der Waals surface area contributed by atoms with Gasteiger partial charge in [0.15, 0.2) is 0 Å². The molecule has 176 valence electrons. The number of benzene rings is 2. The molecule has 0 atom stereocenters. The highest BCUT2D eigenvalue weighted by molar-refractivity contribution is 6.08. The number of halogens is 3. The fraction of sp³-hybridized carbons (Fsp3) is 0.280. The van der Waals surface area contributed by atoms with Gasteiger partial charge in [0.2, 0.25) is 5.91 Å². The maximum Gasteiger partial charge on any atom is 0.416 e. The third kappa shape index (κ3) is 4.64. The number of amides is 2. The quantitative estimate of drug-likeness (QED) is 0.553. The molecule has 2 heterocycles. The molecular weight excluding hydrogens is 445 g/mol. The van der Waals surface area contributed by atoms with Gasteiger partial charge in [0.25, 0.3) is 5.91 Å². The van der Waals surface area contributed by atoms with E-state index in [2.05, 4.69) is 15.3 Å². The third-order valence-corrected chi connectivity index (χ3v) is 5.67. The van der Waals surface area contributed by atoms with Crippen molar-refractivity contribution in [1.82, 2.24) is 9.97 Å². The second kappa shape index (κ2) is 8.89. The number of carbonyl (C=O) groups excluding carboxylic acids is 2. The molecule has 2 amide bonds. The smallest absolute Gasteiger partial charge is 0.322 e. The van der Waals surface area contributed by atoms with Crippen LogP contribution >= 0.6 is 0 Å². The van der Waals surface area contributed by atoms with Gasteiger partial charge in [-0.15, -0.1) is 0 Å². The van der Waals surface area contributed by atoms with Crippen LogP contribution in [0.4, 0.5) is 24.5 Å². The number of aromatic nitrogens is 2. The summed E-state index contributed by atoms with van der Waals surface area (Å²) in [7, 11) is 0. The van der Waals surface area contributed by atoms with Gasteiger partial charge in [-0.05, 0) is 42.3 Å². The predicted molar refractivity (Wildman–Crippen MR) is 123 cm³/mol. The monoisotopic (exact) mass is 468 g/mol. The van der Waals surface area contributed by atoms with Crippen LogP contribution < -0.4 is 10.2 Å². The van der Waals surface area contributed by atoms with E-state index in [4.69, 9.17) is 0 Å². The largest absolute Gasteiger partial charge is 0.416 e. The number of carbonyl (C=O) groups is 2. The maximum atomic E-state index is 13.2. The Morgan fingerprint density at radius 1 is 1.09 bits per heavy atom. The Bertz CT molecular complexity index is 1250. The molecule has 1 aliphatic rings. The van der Waals surface area contributed by atoms with Gasteiger partial charge in [0.05, 0.1) is 16.8 Å². The van der Waals surface area contributed by atoms with Gasteiger partial charge >= 0.3 is 6.18 Å². The second-order valence-electron chi connectivity index (χ2n) is 8.44. The lowest BCUT2D eigenvalue weighted by molar-refractivity contribution is -0.137. The fourth-order valence-electron chi connectivity index (χ4n) is 3.88. The molecule has 0 unspecified atom stereocenters. The second-order valence-corrected chi connectivity index (χ2v) is 8.44. The number of hydrogen-bond donors (Lipinski definition) is 1. The highest BCUT2D eigenvalue weighted by Gasteiger charge is 2.30. The molecule has 9 heteroatoms. The Hall–Kier alpha value is -3.75. The molecule has 1 aliphatic heterocycles. The first-order valence-corrected chi connectivity index (χ1v) is 10.8. The number of hydrogen-bond acceptors (Lipinski definition) is 4. The van der Waals surface area contributed by atoms with Crippen molar-refractivity contribution < 1.29 is 22.8 Å². The molecule has 0 saturated heterocycles. The number of alkyl halides is 3. The first-order valence-electron chi connectivity index (χ1n) is 10.8. The molecule has 0 saturated carbocycles.